The van der Waals surface area contributed by atoms with Crippen LogP contribution in [0.4, 0.5) is 10.1 Å². The minimum Gasteiger partial charge on any atom is -0.343 e. The van der Waals surface area contributed by atoms with Crippen LogP contribution in [-0.2, 0) is 16.1 Å². The Morgan fingerprint density at radius 3 is 2.41 bits per heavy atom. The molecule has 0 bridgehead atoms. The zero-order chi connectivity index (χ0) is 19.2. The molecule has 0 saturated carbocycles. The van der Waals surface area contributed by atoms with Crippen LogP contribution in [0.15, 0.2) is 66.7 Å². The summed E-state index contributed by atoms with van der Waals surface area (Å²) in [5, 5.41) is 4.80. The van der Waals surface area contributed by atoms with Crippen LogP contribution < -0.4 is 10.6 Å². The molecule has 0 unspecified atom stereocenters. The van der Waals surface area contributed by atoms with E-state index in [1.54, 1.807) is 36.4 Å². The number of carbonyl (C=O) groups excluding carboxylic acids is 3. The number of benzene rings is 2. The maximum absolute atomic E-state index is 13.1. The topological polar surface area (TPSA) is 75.3 Å². The lowest BCUT2D eigenvalue weighted by atomic mass is 10.1. The van der Waals surface area contributed by atoms with Gasteiger partial charge in [0.25, 0.3) is 0 Å². The Labute approximate surface area is 158 Å². The number of amides is 2. The fourth-order valence-corrected chi connectivity index (χ4v) is 3.24. The first-order valence-corrected chi connectivity index (χ1v) is 8.88. The number of ketones is 1. The van der Waals surface area contributed by atoms with Gasteiger partial charge in [0.05, 0.1) is 11.4 Å². The standard InChI is InChI=1S/C20H15FN2O3S/c21-14-7-4-8-15(11-14)23-20(26)19(25)22-12-16-9-10-17(27-16)18(24)13-5-2-1-3-6-13/h1-11H,12H2,(H,22,25)(H,23,26). The van der Waals surface area contributed by atoms with Crippen LogP contribution in [0.3, 0.4) is 0 Å². The number of anilines is 1. The minimum atomic E-state index is -0.891. The van der Waals surface area contributed by atoms with E-state index >= 15 is 0 Å². The third-order valence-corrected chi connectivity index (χ3v) is 4.72. The summed E-state index contributed by atoms with van der Waals surface area (Å²) in [6.45, 7) is 0.113. The molecule has 2 aromatic carbocycles. The van der Waals surface area contributed by atoms with Gasteiger partial charge < -0.3 is 10.6 Å². The first-order chi connectivity index (χ1) is 13.0. The van der Waals surface area contributed by atoms with E-state index in [9.17, 15) is 18.8 Å². The van der Waals surface area contributed by atoms with E-state index in [1.807, 2.05) is 6.07 Å². The summed E-state index contributed by atoms with van der Waals surface area (Å²) in [5.41, 5.74) is 0.784. The Morgan fingerprint density at radius 1 is 0.889 bits per heavy atom. The zero-order valence-electron chi connectivity index (χ0n) is 14.1. The van der Waals surface area contributed by atoms with Crippen LogP contribution in [0.25, 0.3) is 0 Å². The van der Waals surface area contributed by atoms with Gasteiger partial charge in [-0.25, -0.2) is 4.39 Å². The lowest BCUT2D eigenvalue weighted by molar-refractivity contribution is -0.136. The molecular weight excluding hydrogens is 367 g/mol. The van der Waals surface area contributed by atoms with Crippen molar-refractivity contribution in [1.82, 2.24) is 5.32 Å². The van der Waals surface area contributed by atoms with Crippen molar-refractivity contribution in [2.75, 3.05) is 5.32 Å². The fourth-order valence-electron chi connectivity index (χ4n) is 2.33. The van der Waals surface area contributed by atoms with Crippen molar-refractivity contribution >= 4 is 34.6 Å². The number of rotatable bonds is 5. The molecule has 2 amide bonds. The summed E-state index contributed by atoms with van der Waals surface area (Å²) in [6.07, 6.45) is 0. The van der Waals surface area contributed by atoms with Gasteiger partial charge in [0.1, 0.15) is 5.82 Å². The molecule has 7 heteroatoms. The predicted molar refractivity (Wildman–Crippen MR) is 101 cm³/mol. The second-order valence-electron chi connectivity index (χ2n) is 5.61. The van der Waals surface area contributed by atoms with Crippen molar-refractivity contribution < 1.29 is 18.8 Å². The molecule has 136 valence electrons. The molecule has 5 nitrogen and oxygen atoms in total. The number of nitrogens with one attached hydrogen (secondary N) is 2. The number of thiophene rings is 1. The fraction of sp³-hybridized carbons (Fsp3) is 0.0500. The van der Waals surface area contributed by atoms with E-state index in [0.29, 0.717) is 10.4 Å². The molecule has 1 heterocycles. The Kier molecular flexibility index (Phi) is 5.73. The smallest absolute Gasteiger partial charge is 0.313 e. The van der Waals surface area contributed by atoms with Gasteiger partial charge in [-0.3, -0.25) is 14.4 Å². The van der Waals surface area contributed by atoms with Gasteiger partial charge in [-0.2, -0.15) is 0 Å². The van der Waals surface area contributed by atoms with Gasteiger partial charge in [0.2, 0.25) is 5.78 Å². The number of hydrogen-bond donors (Lipinski definition) is 2. The maximum atomic E-state index is 13.1. The van der Waals surface area contributed by atoms with Crippen molar-refractivity contribution in [3.05, 3.63) is 87.9 Å². The molecular formula is C20H15FN2O3S. The van der Waals surface area contributed by atoms with Gasteiger partial charge in [-0.15, -0.1) is 11.3 Å². The highest BCUT2D eigenvalue weighted by Crippen LogP contribution is 2.20. The number of hydrogen-bond acceptors (Lipinski definition) is 4. The van der Waals surface area contributed by atoms with Crippen LogP contribution in [-0.4, -0.2) is 17.6 Å². The van der Waals surface area contributed by atoms with Crippen LogP contribution in [0.5, 0.6) is 0 Å². The SMILES string of the molecule is O=C(NCc1ccc(C(=O)c2ccccc2)s1)C(=O)Nc1cccc(F)c1. The van der Waals surface area contributed by atoms with Gasteiger partial charge in [0.15, 0.2) is 0 Å². The number of halogens is 1. The molecule has 1 aromatic heterocycles. The second kappa shape index (κ2) is 8.37. The van der Waals surface area contributed by atoms with Crippen molar-refractivity contribution in [1.29, 1.82) is 0 Å². The lowest BCUT2D eigenvalue weighted by Gasteiger charge is -2.05. The summed E-state index contributed by atoms with van der Waals surface area (Å²) in [5.74, 6) is -2.34. The molecule has 0 fully saturated rings. The average Bonchev–Trinajstić information content (AvgIpc) is 3.15. The highest BCUT2D eigenvalue weighted by molar-refractivity contribution is 7.14. The molecule has 2 N–H and O–H groups in total. The van der Waals surface area contributed by atoms with Crippen molar-refractivity contribution in [2.24, 2.45) is 0 Å². The first-order valence-electron chi connectivity index (χ1n) is 8.06. The molecule has 0 aliphatic rings. The first kappa shape index (κ1) is 18.5. The summed E-state index contributed by atoms with van der Waals surface area (Å²) >= 11 is 1.25. The van der Waals surface area contributed by atoms with E-state index in [2.05, 4.69) is 10.6 Å². The monoisotopic (exact) mass is 382 g/mol. The maximum Gasteiger partial charge on any atom is 0.313 e. The lowest BCUT2D eigenvalue weighted by Crippen LogP contribution is -2.34. The molecule has 0 spiro atoms. The normalized spacial score (nSPS) is 10.3. The Hall–Kier alpha value is -3.32. The van der Waals surface area contributed by atoms with Crippen LogP contribution in [0, 0.1) is 5.82 Å². The molecule has 0 atom stereocenters. The average molecular weight is 382 g/mol. The summed E-state index contributed by atoms with van der Waals surface area (Å²) in [6, 6.07) is 17.6. The van der Waals surface area contributed by atoms with E-state index in [0.717, 1.165) is 10.9 Å². The Balaban J connectivity index is 1.55. The molecule has 0 saturated heterocycles. The predicted octanol–water partition coefficient (Wildman–Crippen LogP) is 3.37. The van der Waals surface area contributed by atoms with E-state index in [4.69, 9.17) is 0 Å². The highest BCUT2D eigenvalue weighted by Gasteiger charge is 2.15. The second-order valence-corrected chi connectivity index (χ2v) is 6.78. The van der Waals surface area contributed by atoms with E-state index in [1.165, 1.54) is 29.5 Å². The van der Waals surface area contributed by atoms with Gasteiger partial charge in [-0.1, -0.05) is 36.4 Å². The summed E-state index contributed by atoms with van der Waals surface area (Å²) in [7, 11) is 0. The summed E-state index contributed by atoms with van der Waals surface area (Å²) < 4.78 is 13.1. The third-order valence-electron chi connectivity index (χ3n) is 3.63. The molecule has 0 radical (unpaired) electrons. The van der Waals surface area contributed by atoms with E-state index < -0.39 is 17.6 Å². The summed E-state index contributed by atoms with van der Waals surface area (Å²) in [4.78, 5) is 37.4. The largest absolute Gasteiger partial charge is 0.343 e. The van der Waals surface area contributed by atoms with Gasteiger partial charge in [-0.05, 0) is 30.3 Å². The van der Waals surface area contributed by atoms with Crippen molar-refractivity contribution in [2.45, 2.75) is 6.54 Å². The number of carbonyl (C=O) groups is 3. The molecule has 0 aliphatic carbocycles. The minimum absolute atomic E-state index is 0.0953. The molecule has 27 heavy (non-hydrogen) atoms. The zero-order valence-corrected chi connectivity index (χ0v) is 14.9. The Bertz CT molecular complexity index is 986. The van der Waals surface area contributed by atoms with Crippen LogP contribution >= 0.6 is 11.3 Å². The van der Waals surface area contributed by atoms with Crippen LogP contribution in [0.2, 0.25) is 0 Å². The third kappa shape index (κ3) is 4.86. The van der Waals surface area contributed by atoms with Crippen LogP contribution in [0.1, 0.15) is 20.1 Å². The van der Waals surface area contributed by atoms with Crippen molar-refractivity contribution in [3.63, 3.8) is 0 Å². The molecule has 3 aromatic rings. The van der Waals surface area contributed by atoms with E-state index in [-0.39, 0.29) is 18.0 Å². The molecule has 3 rings (SSSR count). The van der Waals surface area contributed by atoms with Crippen molar-refractivity contribution in [3.8, 4) is 0 Å². The molecule has 0 aliphatic heterocycles. The highest BCUT2D eigenvalue weighted by atomic mass is 32.1. The Morgan fingerprint density at radius 2 is 1.67 bits per heavy atom. The van der Waals surface area contributed by atoms with Gasteiger partial charge in [0, 0.05) is 16.1 Å². The quantitative estimate of drug-likeness (QED) is 0.525. The van der Waals surface area contributed by atoms with Gasteiger partial charge >= 0.3 is 11.8 Å².